The Morgan fingerprint density at radius 2 is 2.14 bits per heavy atom. The SMILES string of the molecule is C[C@@H]1CC(=O)C[C@H]2CC(C=O)=C[C@]21C. The van der Waals surface area contributed by atoms with Gasteiger partial charge in [0.25, 0.3) is 0 Å². The van der Waals surface area contributed by atoms with E-state index in [0.717, 1.165) is 18.3 Å². The van der Waals surface area contributed by atoms with Crippen molar-refractivity contribution in [2.45, 2.75) is 33.1 Å². The number of carbonyl (C=O) groups excluding carboxylic acids is 2. The summed E-state index contributed by atoms with van der Waals surface area (Å²) in [5, 5.41) is 0. The molecule has 0 aliphatic heterocycles. The monoisotopic (exact) mass is 192 g/mol. The highest BCUT2D eigenvalue weighted by Crippen LogP contribution is 2.51. The van der Waals surface area contributed by atoms with E-state index in [9.17, 15) is 9.59 Å². The largest absolute Gasteiger partial charge is 0.300 e. The van der Waals surface area contributed by atoms with E-state index in [-0.39, 0.29) is 5.41 Å². The molecule has 2 nitrogen and oxygen atoms in total. The molecule has 2 rings (SSSR count). The second-order valence-corrected chi connectivity index (χ2v) is 4.95. The lowest BCUT2D eigenvalue weighted by Crippen LogP contribution is -2.37. The Labute approximate surface area is 84.4 Å². The van der Waals surface area contributed by atoms with E-state index in [2.05, 4.69) is 19.9 Å². The van der Waals surface area contributed by atoms with Gasteiger partial charge in [-0.15, -0.1) is 0 Å². The van der Waals surface area contributed by atoms with Gasteiger partial charge < -0.3 is 0 Å². The second kappa shape index (κ2) is 3.04. The van der Waals surface area contributed by atoms with E-state index in [0.29, 0.717) is 30.5 Å². The van der Waals surface area contributed by atoms with E-state index in [1.165, 1.54) is 0 Å². The van der Waals surface area contributed by atoms with Crippen LogP contribution < -0.4 is 0 Å². The van der Waals surface area contributed by atoms with Crippen LogP contribution in [0.1, 0.15) is 33.1 Å². The summed E-state index contributed by atoms with van der Waals surface area (Å²) in [7, 11) is 0. The average Bonchev–Trinajstić information content (AvgIpc) is 2.44. The van der Waals surface area contributed by atoms with Gasteiger partial charge in [0.05, 0.1) is 0 Å². The minimum absolute atomic E-state index is 0.0875. The lowest BCUT2D eigenvalue weighted by atomic mass is 9.63. The normalized spacial score (nSPS) is 41.9. The molecule has 2 aliphatic rings. The number of Topliss-reactive ketones (excluding diaryl/α,β-unsaturated/α-hetero) is 1. The third kappa shape index (κ3) is 1.24. The topological polar surface area (TPSA) is 34.1 Å². The predicted octanol–water partition coefficient (Wildman–Crippen LogP) is 2.14. The van der Waals surface area contributed by atoms with E-state index in [1.54, 1.807) is 0 Å². The Hall–Kier alpha value is -0.920. The predicted molar refractivity (Wildman–Crippen MR) is 53.8 cm³/mol. The summed E-state index contributed by atoms with van der Waals surface area (Å²) in [6.45, 7) is 4.31. The minimum Gasteiger partial charge on any atom is -0.300 e. The van der Waals surface area contributed by atoms with Gasteiger partial charge >= 0.3 is 0 Å². The molecule has 2 heteroatoms. The van der Waals surface area contributed by atoms with Crippen molar-refractivity contribution in [1.29, 1.82) is 0 Å². The maximum absolute atomic E-state index is 11.4. The molecule has 0 bridgehead atoms. The van der Waals surface area contributed by atoms with Crippen molar-refractivity contribution in [3.8, 4) is 0 Å². The van der Waals surface area contributed by atoms with Crippen molar-refractivity contribution in [2.75, 3.05) is 0 Å². The van der Waals surface area contributed by atoms with Gasteiger partial charge in [-0.05, 0) is 29.2 Å². The minimum atomic E-state index is 0.0875. The van der Waals surface area contributed by atoms with Crippen molar-refractivity contribution in [2.24, 2.45) is 17.3 Å². The maximum Gasteiger partial charge on any atom is 0.145 e. The first-order valence-electron chi connectivity index (χ1n) is 5.25. The lowest BCUT2D eigenvalue weighted by molar-refractivity contribution is -0.125. The summed E-state index contributed by atoms with van der Waals surface area (Å²) in [5.41, 5.74) is 0.975. The number of rotatable bonds is 1. The Balaban J connectivity index is 2.31. The molecule has 3 atom stereocenters. The molecular formula is C12H16O2. The number of carbonyl (C=O) groups is 2. The van der Waals surface area contributed by atoms with Crippen molar-refractivity contribution >= 4 is 12.1 Å². The van der Waals surface area contributed by atoms with Crippen molar-refractivity contribution in [3.63, 3.8) is 0 Å². The molecular weight excluding hydrogens is 176 g/mol. The van der Waals surface area contributed by atoms with Gasteiger partial charge in [-0.2, -0.15) is 0 Å². The molecule has 0 aromatic carbocycles. The first-order valence-corrected chi connectivity index (χ1v) is 5.25. The summed E-state index contributed by atoms with van der Waals surface area (Å²) in [6, 6.07) is 0. The number of hydrogen-bond donors (Lipinski definition) is 0. The van der Waals surface area contributed by atoms with Crippen molar-refractivity contribution < 1.29 is 9.59 Å². The van der Waals surface area contributed by atoms with Crippen LogP contribution in [-0.4, -0.2) is 12.1 Å². The maximum atomic E-state index is 11.4. The molecule has 0 aromatic rings. The highest BCUT2D eigenvalue weighted by atomic mass is 16.1. The Morgan fingerprint density at radius 1 is 1.43 bits per heavy atom. The molecule has 0 spiro atoms. The number of allylic oxidation sites excluding steroid dienone is 2. The Morgan fingerprint density at radius 3 is 2.79 bits per heavy atom. The van der Waals surface area contributed by atoms with E-state index >= 15 is 0 Å². The van der Waals surface area contributed by atoms with Crippen LogP contribution in [0.25, 0.3) is 0 Å². The molecule has 1 fully saturated rings. The Kier molecular flexibility index (Phi) is 2.09. The van der Waals surface area contributed by atoms with Crippen molar-refractivity contribution in [1.82, 2.24) is 0 Å². The highest BCUT2D eigenvalue weighted by molar-refractivity contribution is 5.82. The summed E-state index contributed by atoms with van der Waals surface area (Å²) >= 11 is 0. The number of fused-ring (bicyclic) bond motifs is 1. The van der Waals surface area contributed by atoms with Crippen LogP contribution in [0.3, 0.4) is 0 Å². The fourth-order valence-electron chi connectivity index (χ4n) is 2.92. The smallest absolute Gasteiger partial charge is 0.145 e. The summed E-state index contributed by atoms with van der Waals surface area (Å²) in [4.78, 5) is 22.2. The van der Waals surface area contributed by atoms with Crippen LogP contribution in [-0.2, 0) is 9.59 Å². The summed E-state index contributed by atoms with van der Waals surface area (Å²) in [6.07, 6.45) is 5.18. The van der Waals surface area contributed by atoms with Crippen LogP contribution in [0.2, 0.25) is 0 Å². The first kappa shape index (κ1) is 9.63. The third-order valence-electron chi connectivity index (χ3n) is 4.08. The molecule has 0 saturated heterocycles. The van der Waals surface area contributed by atoms with Gasteiger partial charge in [-0.25, -0.2) is 0 Å². The van der Waals surface area contributed by atoms with Crippen LogP contribution >= 0.6 is 0 Å². The quantitative estimate of drug-likeness (QED) is 0.596. The Bertz CT molecular complexity index is 316. The first-order chi connectivity index (χ1) is 6.56. The van der Waals surface area contributed by atoms with Gasteiger partial charge in [0.1, 0.15) is 12.1 Å². The fraction of sp³-hybridized carbons (Fsp3) is 0.667. The van der Waals surface area contributed by atoms with Gasteiger partial charge in [0, 0.05) is 12.8 Å². The third-order valence-corrected chi connectivity index (χ3v) is 4.08. The van der Waals surface area contributed by atoms with Crippen LogP contribution in [0, 0.1) is 17.3 Å². The molecule has 0 N–H and O–H groups in total. The van der Waals surface area contributed by atoms with Gasteiger partial charge in [-0.1, -0.05) is 19.9 Å². The molecule has 0 amide bonds. The van der Waals surface area contributed by atoms with E-state index < -0.39 is 0 Å². The zero-order chi connectivity index (χ0) is 10.3. The van der Waals surface area contributed by atoms with E-state index in [1.807, 2.05) is 0 Å². The number of aldehydes is 1. The number of hydrogen-bond acceptors (Lipinski definition) is 2. The van der Waals surface area contributed by atoms with Gasteiger partial charge in [-0.3, -0.25) is 9.59 Å². The molecule has 76 valence electrons. The molecule has 1 saturated carbocycles. The summed E-state index contributed by atoms with van der Waals surface area (Å²) < 4.78 is 0. The lowest BCUT2D eigenvalue weighted by Gasteiger charge is -2.40. The van der Waals surface area contributed by atoms with Crippen LogP contribution in [0.15, 0.2) is 11.6 Å². The van der Waals surface area contributed by atoms with Crippen LogP contribution in [0.5, 0.6) is 0 Å². The molecule has 0 radical (unpaired) electrons. The van der Waals surface area contributed by atoms with Crippen molar-refractivity contribution in [3.05, 3.63) is 11.6 Å². The molecule has 0 unspecified atom stereocenters. The molecule has 2 aliphatic carbocycles. The van der Waals surface area contributed by atoms with E-state index in [4.69, 9.17) is 0 Å². The molecule has 14 heavy (non-hydrogen) atoms. The zero-order valence-electron chi connectivity index (χ0n) is 8.75. The average molecular weight is 192 g/mol. The molecule has 0 aromatic heterocycles. The van der Waals surface area contributed by atoms with Crippen LogP contribution in [0.4, 0.5) is 0 Å². The summed E-state index contributed by atoms with van der Waals surface area (Å²) in [5.74, 6) is 1.12. The standard InChI is InChI=1S/C12H16O2/c1-8-3-11(14)5-10-4-9(7-13)6-12(8,10)2/h6-8,10H,3-5H2,1-2H3/t8-,10-,12+/m1/s1. The fourth-order valence-corrected chi connectivity index (χ4v) is 2.92. The zero-order valence-corrected chi connectivity index (χ0v) is 8.75. The van der Waals surface area contributed by atoms with Gasteiger partial charge in [0.2, 0.25) is 0 Å². The number of ketones is 1. The second-order valence-electron chi connectivity index (χ2n) is 4.95. The van der Waals surface area contributed by atoms with Gasteiger partial charge in [0.15, 0.2) is 0 Å². The highest BCUT2D eigenvalue weighted by Gasteiger charge is 2.46. The molecule has 0 heterocycles.